The number of halogens is 1. The summed E-state index contributed by atoms with van der Waals surface area (Å²) in [5.74, 6) is 0.595. The highest BCUT2D eigenvalue weighted by Gasteiger charge is 2.19. The molecule has 1 atom stereocenters. The topological polar surface area (TPSA) is 45.6 Å². The van der Waals surface area contributed by atoms with E-state index in [9.17, 15) is 5.11 Å². The van der Waals surface area contributed by atoms with Crippen LogP contribution in [0.25, 0.3) is 22.2 Å². The average Bonchev–Trinajstić information content (AvgIpc) is 2.88. The van der Waals surface area contributed by atoms with Crippen LogP contribution in [0.5, 0.6) is 5.75 Å². The molecule has 0 spiro atoms. The molecule has 5 heteroatoms. The molecule has 0 amide bonds. The van der Waals surface area contributed by atoms with E-state index in [4.69, 9.17) is 21.3 Å². The monoisotopic (exact) mass is 496 g/mol. The van der Waals surface area contributed by atoms with Gasteiger partial charge >= 0.3 is 0 Å². The molecule has 3 rings (SSSR count). The molecule has 1 unspecified atom stereocenters. The molecule has 0 saturated carbocycles. The predicted octanol–water partition coefficient (Wildman–Crippen LogP) is 8.06. The molecule has 0 fully saturated rings. The predicted molar refractivity (Wildman–Crippen MR) is 148 cm³/mol. The lowest BCUT2D eigenvalue weighted by atomic mass is 9.99. The van der Waals surface area contributed by atoms with Crippen LogP contribution in [0.2, 0.25) is 5.02 Å². The minimum Gasteiger partial charge on any atom is -0.495 e. The Bertz CT molecular complexity index is 1030. The summed E-state index contributed by atoms with van der Waals surface area (Å²) >= 11 is 6.45. The summed E-state index contributed by atoms with van der Waals surface area (Å²) in [6.07, 6.45) is 9.18. The van der Waals surface area contributed by atoms with Crippen LogP contribution < -0.4 is 4.74 Å². The number of aromatic nitrogens is 1. The molecule has 35 heavy (non-hydrogen) atoms. The molecule has 2 aromatic carbocycles. The Morgan fingerprint density at radius 1 is 0.914 bits per heavy atom. The summed E-state index contributed by atoms with van der Waals surface area (Å²) in [4.78, 5) is 7.32. The standard InChI is InChI=1S/C30H41ClN2O2/c1-4-6-8-13-17-33(18-14-9-7-5-2)22-29(34)25-19-27(23-15-11-10-12-16-23)32-28-21-26(31)30(35-3)20-24(25)28/h10-12,15-16,19-21,29,34H,4-9,13-14,17-18,22H2,1-3H3. The van der Waals surface area contributed by atoms with Crippen LogP contribution >= 0.6 is 11.6 Å². The van der Waals surface area contributed by atoms with E-state index in [1.165, 1.54) is 51.4 Å². The van der Waals surface area contributed by atoms with Crippen molar-refractivity contribution >= 4 is 22.5 Å². The molecule has 4 nitrogen and oxygen atoms in total. The third-order valence-corrected chi connectivity index (χ3v) is 6.93. The highest BCUT2D eigenvalue weighted by atomic mass is 35.5. The van der Waals surface area contributed by atoms with Crippen LogP contribution in [0.3, 0.4) is 0 Å². The second kappa shape index (κ2) is 14.4. The summed E-state index contributed by atoms with van der Waals surface area (Å²) in [5.41, 5.74) is 3.50. The van der Waals surface area contributed by atoms with Gasteiger partial charge in [-0.25, -0.2) is 4.98 Å². The van der Waals surface area contributed by atoms with Crippen LogP contribution in [-0.4, -0.2) is 41.7 Å². The molecule has 0 radical (unpaired) electrons. The fourth-order valence-electron chi connectivity index (χ4n) is 4.60. The van der Waals surface area contributed by atoms with Gasteiger partial charge in [0.25, 0.3) is 0 Å². The van der Waals surface area contributed by atoms with Crippen molar-refractivity contribution in [2.75, 3.05) is 26.7 Å². The average molecular weight is 497 g/mol. The molecule has 0 bridgehead atoms. The lowest BCUT2D eigenvalue weighted by molar-refractivity contribution is 0.111. The Morgan fingerprint density at radius 3 is 2.17 bits per heavy atom. The van der Waals surface area contributed by atoms with Crippen molar-refractivity contribution in [1.29, 1.82) is 0 Å². The summed E-state index contributed by atoms with van der Waals surface area (Å²) < 4.78 is 5.48. The highest BCUT2D eigenvalue weighted by Crippen LogP contribution is 2.35. The van der Waals surface area contributed by atoms with Gasteiger partial charge in [0.2, 0.25) is 0 Å². The zero-order valence-electron chi connectivity index (χ0n) is 21.6. The lowest BCUT2D eigenvalue weighted by Gasteiger charge is -2.26. The van der Waals surface area contributed by atoms with Crippen LogP contribution in [0.1, 0.15) is 76.9 Å². The fourth-order valence-corrected chi connectivity index (χ4v) is 4.84. The van der Waals surface area contributed by atoms with Gasteiger partial charge in [-0.3, -0.25) is 0 Å². The zero-order valence-corrected chi connectivity index (χ0v) is 22.4. The first-order valence-corrected chi connectivity index (χ1v) is 13.6. The van der Waals surface area contributed by atoms with E-state index in [0.29, 0.717) is 17.3 Å². The first kappa shape index (κ1) is 27.4. The Labute approximate surface area is 216 Å². The minimum absolute atomic E-state index is 0.520. The van der Waals surface area contributed by atoms with Gasteiger partial charge in [-0.05, 0) is 49.7 Å². The Kier molecular flexibility index (Phi) is 11.3. The van der Waals surface area contributed by atoms with Crippen LogP contribution in [0, 0.1) is 0 Å². The number of aliphatic hydroxyl groups excluding tert-OH is 1. The van der Waals surface area contributed by atoms with Crippen LogP contribution in [0.4, 0.5) is 0 Å². The molecule has 3 aromatic rings. The smallest absolute Gasteiger partial charge is 0.138 e. The summed E-state index contributed by atoms with van der Waals surface area (Å²) in [5, 5.41) is 13.0. The maximum Gasteiger partial charge on any atom is 0.138 e. The third-order valence-electron chi connectivity index (χ3n) is 6.63. The number of methoxy groups -OCH3 is 1. The molecule has 1 N–H and O–H groups in total. The molecule has 190 valence electrons. The van der Waals surface area contributed by atoms with E-state index in [0.717, 1.165) is 40.8 Å². The van der Waals surface area contributed by atoms with E-state index >= 15 is 0 Å². The van der Waals surface area contributed by atoms with Crippen molar-refractivity contribution in [2.24, 2.45) is 0 Å². The first-order chi connectivity index (χ1) is 17.1. The zero-order chi connectivity index (χ0) is 25.0. The number of hydrogen-bond donors (Lipinski definition) is 1. The number of pyridine rings is 1. The summed E-state index contributed by atoms with van der Waals surface area (Å²) in [6, 6.07) is 15.9. The third kappa shape index (κ3) is 7.93. The largest absolute Gasteiger partial charge is 0.495 e. The lowest BCUT2D eigenvalue weighted by Crippen LogP contribution is -2.31. The van der Waals surface area contributed by atoms with Crippen molar-refractivity contribution < 1.29 is 9.84 Å². The van der Waals surface area contributed by atoms with Crippen molar-refractivity contribution in [3.63, 3.8) is 0 Å². The Balaban J connectivity index is 1.92. The Morgan fingerprint density at radius 2 is 1.57 bits per heavy atom. The number of rotatable bonds is 15. The minimum atomic E-state index is -0.633. The molecule has 0 aliphatic heterocycles. The number of benzene rings is 2. The van der Waals surface area contributed by atoms with Crippen molar-refractivity contribution in [3.05, 3.63) is 59.1 Å². The molecule has 0 aliphatic rings. The number of unbranched alkanes of at least 4 members (excludes halogenated alkanes) is 6. The Hall–Kier alpha value is -2.14. The maximum atomic E-state index is 11.6. The SMILES string of the molecule is CCCCCCN(CCCCCC)CC(O)c1cc(-c2ccccc2)nc2cc(Cl)c(OC)cc12. The van der Waals surface area contributed by atoms with Gasteiger partial charge in [0.1, 0.15) is 5.75 Å². The first-order valence-electron chi connectivity index (χ1n) is 13.2. The van der Waals surface area contributed by atoms with Gasteiger partial charge in [-0.1, -0.05) is 94.3 Å². The normalized spacial score (nSPS) is 12.4. The maximum absolute atomic E-state index is 11.6. The molecule has 1 aromatic heterocycles. The van der Waals surface area contributed by atoms with Crippen LogP contribution in [0.15, 0.2) is 48.5 Å². The van der Waals surface area contributed by atoms with Crippen LogP contribution in [-0.2, 0) is 0 Å². The van der Waals surface area contributed by atoms with Crippen molar-refractivity contribution in [2.45, 2.75) is 71.3 Å². The van der Waals surface area contributed by atoms with Gasteiger partial charge in [-0.15, -0.1) is 0 Å². The van der Waals surface area contributed by atoms with Crippen molar-refractivity contribution in [3.8, 4) is 17.0 Å². The number of aliphatic hydroxyl groups is 1. The van der Waals surface area contributed by atoms with Gasteiger partial charge < -0.3 is 14.7 Å². The molecule has 0 saturated heterocycles. The van der Waals surface area contributed by atoms with E-state index in [1.54, 1.807) is 7.11 Å². The second-order valence-corrected chi connectivity index (χ2v) is 9.81. The molecular formula is C30H41ClN2O2. The fraction of sp³-hybridized carbons (Fsp3) is 0.500. The number of fused-ring (bicyclic) bond motifs is 1. The van der Waals surface area contributed by atoms with Gasteiger partial charge in [0.15, 0.2) is 0 Å². The number of hydrogen-bond acceptors (Lipinski definition) is 4. The van der Waals surface area contributed by atoms with E-state index in [1.807, 2.05) is 48.5 Å². The molecule has 0 aliphatic carbocycles. The molecular weight excluding hydrogens is 456 g/mol. The van der Waals surface area contributed by atoms with E-state index in [-0.39, 0.29) is 0 Å². The second-order valence-electron chi connectivity index (χ2n) is 9.40. The van der Waals surface area contributed by atoms with E-state index < -0.39 is 6.10 Å². The van der Waals surface area contributed by atoms with Gasteiger partial charge in [-0.2, -0.15) is 0 Å². The van der Waals surface area contributed by atoms with Crippen molar-refractivity contribution in [1.82, 2.24) is 9.88 Å². The summed E-state index contributed by atoms with van der Waals surface area (Å²) in [7, 11) is 1.61. The van der Waals surface area contributed by atoms with Gasteiger partial charge in [0.05, 0.1) is 29.4 Å². The van der Waals surface area contributed by atoms with Gasteiger partial charge in [0, 0.05) is 17.5 Å². The number of nitrogens with zero attached hydrogens (tertiary/aromatic N) is 2. The quantitative estimate of drug-likeness (QED) is 0.216. The highest BCUT2D eigenvalue weighted by molar-refractivity contribution is 6.32. The number of ether oxygens (including phenoxy) is 1. The summed E-state index contributed by atoms with van der Waals surface area (Å²) in [6.45, 7) is 7.13. The molecule has 1 heterocycles. The van der Waals surface area contributed by atoms with E-state index in [2.05, 4.69) is 18.7 Å².